The Balaban J connectivity index is 1.59. The van der Waals surface area contributed by atoms with E-state index in [0.29, 0.717) is 16.0 Å². The Bertz CT molecular complexity index is 1210. The summed E-state index contributed by atoms with van der Waals surface area (Å²) in [5.41, 5.74) is 2.46. The van der Waals surface area contributed by atoms with Crippen LogP contribution < -0.4 is 10.1 Å². The van der Waals surface area contributed by atoms with Gasteiger partial charge in [0.05, 0.1) is 12.9 Å². The molecule has 4 rings (SSSR count). The number of amides is 1. The van der Waals surface area contributed by atoms with Gasteiger partial charge in [0.2, 0.25) is 5.91 Å². The fourth-order valence-electron chi connectivity index (χ4n) is 2.97. The molecule has 9 heteroatoms. The Kier molecular flexibility index (Phi) is 7.14. The molecule has 0 radical (unpaired) electrons. The molecule has 3 aromatic carbocycles. The first-order valence-corrected chi connectivity index (χ1v) is 11.7. The lowest BCUT2D eigenvalue weighted by molar-refractivity contribution is -0.113. The van der Waals surface area contributed by atoms with Gasteiger partial charge in [0.15, 0.2) is 11.0 Å². The van der Waals surface area contributed by atoms with Crippen LogP contribution in [-0.4, -0.2) is 33.5 Å². The first-order valence-electron chi connectivity index (χ1n) is 9.57. The van der Waals surface area contributed by atoms with E-state index >= 15 is 0 Å². The highest BCUT2D eigenvalue weighted by Crippen LogP contribution is 2.29. The van der Waals surface area contributed by atoms with E-state index in [-0.39, 0.29) is 11.7 Å². The van der Waals surface area contributed by atoms with Crippen LogP contribution in [0.2, 0.25) is 5.02 Å². The number of thioether (sulfide) groups is 1. The maximum Gasteiger partial charge on any atom is 0.234 e. The van der Waals surface area contributed by atoms with Crippen LogP contribution in [0.5, 0.6) is 5.75 Å². The third kappa shape index (κ3) is 5.32. The van der Waals surface area contributed by atoms with Crippen molar-refractivity contribution in [3.63, 3.8) is 0 Å². The minimum atomic E-state index is -0.131. The molecule has 0 aliphatic carbocycles. The van der Waals surface area contributed by atoms with Crippen molar-refractivity contribution < 1.29 is 9.53 Å². The van der Waals surface area contributed by atoms with Crippen molar-refractivity contribution >= 4 is 50.9 Å². The van der Waals surface area contributed by atoms with Gasteiger partial charge in [-0.1, -0.05) is 39.3 Å². The molecule has 1 amide bonds. The van der Waals surface area contributed by atoms with Gasteiger partial charge in [-0.05, 0) is 72.8 Å². The Labute approximate surface area is 203 Å². The zero-order valence-corrected chi connectivity index (χ0v) is 20.1. The number of aromatic nitrogens is 3. The molecule has 32 heavy (non-hydrogen) atoms. The SMILES string of the molecule is COc1ccc(-c2nnc(SCC(=O)Nc3ccc(Br)cc3)n2-c2ccc(Cl)cc2)cc1. The first-order chi connectivity index (χ1) is 15.5. The average Bonchev–Trinajstić information content (AvgIpc) is 3.24. The van der Waals surface area contributed by atoms with Gasteiger partial charge in [-0.2, -0.15) is 0 Å². The summed E-state index contributed by atoms with van der Waals surface area (Å²) in [6.07, 6.45) is 0. The minimum absolute atomic E-state index is 0.131. The van der Waals surface area contributed by atoms with E-state index in [1.165, 1.54) is 11.8 Å². The smallest absolute Gasteiger partial charge is 0.234 e. The van der Waals surface area contributed by atoms with E-state index < -0.39 is 0 Å². The van der Waals surface area contributed by atoms with Gasteiger partial charge in [0.25, 0.3) is 0 Å². The van der Waals surface area contributed by atoms with E-state index in [1.54, 1.807) is 7.11 Å². The maximum absolute atomic E-state index is 12.5. The lowest BCUT2D eigenvalue weighted by Gasteiger charge is -2.11. The highest BCUT2D eigenvalue weighted by atomic mass is 79.9. The topological polar surface area (TPSA) is 69.0 Å². The number of benzene rings is 3. The zero-order valence-electron chi connectivity index (χ0n) is 17.0. The first kappa shape index (κ1) is 22.4. The van der Waals surface area contributed by atoms with Gasteiger partial charge in [-0.15, -0.1) is 10.2 Å². The molecule has 0 atom stereocenters. The van der Waals surface area contributed by atoms with Crippen molar-refractivity contribution in [1.82, 2.24) is 14.8 Å². The number of ether oxygens (including phenoxy) is 1. The molecular weight excluding hydrogens is 512 g/mol. The number of hydrogen-bond donors (Lipinski definition) is 1. The number of hydrogen-bond acceptors (Lipinski definition) is 5. The van der Waals surface area contributed by atoms with E-state index in [2.05, 4.69) is 31.4 Å². The van der Waals surface area contributed by atoms with Gasteiger partial charge in [-0.3, -0.25) is 9.36 Å². The summed E-state index contributed by atoms with van der Waals surface area (Å²) in [5, 5.41) is 12.9. The zero-order chi connectivity index (χ0) is 22.5. The Morgan fingerprint density at radius 2 is 1.72 bits per heavy atom. The van der Waals surface area contributed by atoms with Crippen molar-refractivity contribution in [2.24, 2.45) is 0 Å². The van der Waals surface area contributed by atoms with Crippen LogP contribution in [0.3, 0.4) is 0 Å². The second-order valence-corrected chi connectivity index (χ2v) is 8.98. The Hall–Kier alpha value is -2.81. The molecule has 0 aliphatic rings. The predicted octanol–water partition coefficient (Wildman–Crippen LogP) is 6.09. The molecule has 0 aliphatic heterocycles. The molecule has 0 bridgehead atoms. The molecule has 0 unspecified atom stereocenters. The summed E-state index contributed by atoms with van der Waals surface area (Å²) in [7, 11) is 1.62. The maximum atomic E-state index is 12.5. The Morgan fingerprint density at radius 3 is 2.38 bits per heavy atom. The molecule has 1 N–H and O–H groups in total. The highest BCUT2D eigenvalue weighted by molar-refractivity contribution is 9.10. The largest absolute Gasteiger partial charge is 0.497 e. The molecule has 1 heterocycles. The third-order valence-corrected chi connectivity index (χ3v) is 6.24. The van der Waals surface area contributed by atoms with Crippen molar-refractivity contribution in [1.29, 1.82) is 0 Å². The summed E-state index contributed by atoms with van der Waals surface area (Å²) in [6, 6.07) is 22.4. The standard InChI is InChI=1S/C23H18BrClN4O2S/c1-31-20-12-2-15(3-13-20)22-27-28-23(29(22)19-10-6-17(25)7-11-19)32-14-21(30)26-18-8-4-16(24)5-9-18/h2-13H,14H2,1H3,(H,26,30). The van der Waals surface area contributed by atoms with Gasteiger partial charge >= 0.3 is 0 Å². The number of nitrogens with one attached hydrogen (secondary N) is 1. The summed E-state index contributed by atoms with van der Waals surface area (Å²) in [5.74, 6) is 1.47. The molecule has 6 nitrogen and oxygen atoms in total. The molecule has 0 fully saturated rings. The normalized spacial score (nSPS) is 10.7. The molecule has 162 valence electrons. The second kappa shape index (κ2) is 10.2. The summed E-state index contributed by atoms with van der Waals surface area (Å²) < 4.78 is 8.11. The second-order valence-electron chi connectivity index (χ2n) is 6.69. The quantitative estimate of drug-likeness (QED) is 0.293. The van der Waals surface area contributed by atoms with Crippen LogP contribution in [0.1, 0.15) is 0 Å². The van der Waals surface area contributed by atoms with E-state index in [4.69, 9.17) is 16.3 Å². The Morgan fingerprint density at radius 1 is 1.03 bits per heavy atom. The number of nitrogens with zero attached hydrogens (tertiary/aromatic N) is 3. The number of rotatable bonds is 7. The lowest BCUT2D eigenvalue weighted by Crippen LogP contribution is -2.14. The van der Waals surface area contributed by atoms with Crippen LogP contribution in [-0.2, 0) is 4.79 Å². The van der Waals surface area contributed by atoms with Crippen molar-refractivity contribution in [3.8, 4) is 22.8 Å². The summed E-state index contributed by atoms with van der Waals surface area (Å²) in [4.78, 5) is 12.5. The molecule has 0 saturated carbocycles. The third-order valence-electron chi connectivity index (χ3n) is 4.53. The number of carbonyl (C=O) groups excluding carboxylic acids is 1. The highest BCUT2D eigenvalue weighted by Gasteiger charge is 2.17. The summed E-state index contributed by atoms with van der Waals surface area (Å²) >= 11 is 10.8. The van der Waals surface area contributed by atoms with Gasteiger partial charge in [-0.25, -0.2) is 0 Å². The predicted molar refractivity (Wildman–Crippen MR) is 132 cm³/mol. The molecule has 0 saturated heterocycles. The number of halogens is 2. The minimum Gasteiger partial charge on any atom is -0.497 e. The fraction of sp³-hybridized carbons (Fsp3) is 0.0870. The van der Waals surface area contributed by atoms with Gasteiger partial charge in [0, 0.05) is 26.4 Å². The number of anilines is 1. The van der Waals surface area contributed by atoms with E-state index in [9.17, 15) is 4.79 Å². The molecule has 0 spiro atoms. The van der Waals surface area contributed by atoms with Gasteiger partial charge in [0.1, 0.15) is 5.75 Å². The van der Waals surface area contributed by atoms with Crippen LogP contribution in [0.4, 0.5) is 5.69 Å². The average molecular weight is 530 g/mol. The van der Waals surface area contributed by atoms with Crippen molar-refractivity contribution in [2.75, 3.05) is 18.2 Å². The molecule has 1 aromatic heterocycles. The number of methoxy groups -OCH3 is 1. The number of carbonyl (C=O) groups is 1. The van der Waals surface area contributed by atoms with Crippen LogP contribution in [0.15, 0.2) is 82.4 Å². The lowest BCUT2D eigenvalue weighted by atomic mass is 10.2. The summed E-state index contributed by atoms with van der Waals surface area (Å²) in [6.45, 7) is 0. The van der Waals surface area contributed by atoms with E-state index in [1.807, 2.05) is 77.4 Å². The van der Waals surface area contributed by atoms with Crippen LogP contribution in [0, 0.1) is 0 Å². The molecule has 4 aromatic rings. The van der Waals surface area contributed by atoms with Crippen LogP contribution in [0.25, 0.3) is 17.1 Å². The van der Waals surface area contributed by atoms with Crippen LogP contribution >= 0.6 is 39.3 Å². The fourth-order valence-corrected chi connectivity index (χ4v) is 4.12. The van der Waals surface area contributed by atoms with Crippen molar-refractivity contribution in [2.45, 2.75) is 5.16 Å². The van der Waals surface area contributed by atoms with Gasteiger partial charge < -0.3 is 10.1 Å². The monoisotopic (exact) mass is 528 g/mol. The molecular formula is C23H18BrClN4O2S. The van der Waals surface area contributed by atoms with E-state index in [0.717, 1.165) is 27.2 Å². The van der Waals surface area contributed by atoms with Crippen molar-refractivity contribution in [3.05, 3.63) is 82.3 Å².